The highest BCUT2D eigenvalue weighted by molar-refractivity contribution is 7.99. The van der Waals surface area contributed by atoms with E-state index in [-0.39, 0.29) is 11.7 Å². The van der Waals surface area contributed by atoms with Crippen LogP contribution in [0.1, 0.15) is 82.6 Å². The van der Waals surface area contributed by atoms with Gasteiger partial charge in [-0.2, -0.15) is 8.42 Å². The van der Waals surface area contributed by atoms with Crippen LogP contribution in [0, 0.1) is 6.92 Å². The third-order valence-electron chi connectivity index (χ3n) is 5.28. The van der Waals surface area contributed by atoms with Gasteiger partial charge in [-0.15, -0.1) is 11.8 Å². The van der Waals surface area contributed by atoms with Crippen LogP contribution < -0.4 is 5.32 Å². The molecule has 0 saturated carbocycles. The summed E-state index contributed by atoms with van der Waals surface area (Å²) in [6, 6.07) is 5.93. The quantitative estimate of drug-likeness (QED) is 0.0908. The summed E-state index contributed by atoms with van der Waals surface area (Å²) in [7, 11) is -3.88. The third kappa shape index (κ3) is 16.3. The molecule has 7 nitrogen and oxygen atoms in total. The maximum Gasteiger partial charge on any atom is 0.264 e. The maximum absolute atomic E-state index is 12.4. The molecule has 0 bridgehead atoms. The number of carbonyl (C=O) groups is 1. The van der Waals surface area contributed by atoms with E-state index in [4.69, 9.17) is 9.11 Å². The van der Waals surface area contributed by atoms with Crippen LogP contribution in [0.25, 0.3) is 0 Å². The normalized spacial score (nSPS) is 12.6. The Bertz CT molecular complexity index is 829. The van der Waals surface area contributed by atoms with Gasteiger partial charge in [-0.25, -0.2) is 4.21 Å². The fourth-order valence-corrected chi connectivity index (χ4v) is 5.56. The van der Waals surface area contributed by atoms with Gasteiger partial charge in [0.2, 0.25) is 5.91 Å². The number of aryl methyl sites for hydroxylation is 1. The molecule has 1 atom stereocenters. The van der Waals surface area contributed by atoms with Crippen LogP contribution in [0.15, 0.2) is 23.1 Å². The van der Waals surface area contributed by atoms with Crippen molar-refractivity contribution in [1.82, 2.24) is 0 Å². The molecule has 0 heterocycles. The number of rotatable bonds is 19. The highest BCUT2D eigenvalue weighted by atomic mass is 32.2. The van der Waals surface area contributed by atoms with Crippen molar-refractivity contribution in [3.63, 3.8) is 0 Å². The van der Waals surface area contributed by atoms with E-state index in [2.05, 4.69) is 5.32 Å². The van der Waals surface area contributed by atoms with Gasteiger partial charge >= 0.3 is 0 Å². The van der Waals surface area contributed by atoms with Crippen molar-refractivity contribution in [2.24, 2.45) is 0 Å². The summed E-state index contributed by atoms with van der Waals surface area (Å²) in [5, 5.41) is 3.07. The van der Waals surface area contributed by atoms with Crippen molar-refractivity contribution < 1.29 is 26.5 Å². The second kappa shape index (κ2) is 17.5. The molecule has 1 amide bonds. The van der Waals surface area contributed by atoms with Crippen LogP contribution in [0.2, 0.25) is 0 Å². The first-order valence-electron chi connectivity index (χ1n) is 11.7. The second-order valence-electron chi connectivity index (χ2n) is 8.30. The van der Waals surface area contributed by atoms with Crippen LogP contribution >= 0.6 is 11.8 Å². The predicted molar refractivity (Wildman–Crippen MR) is 138 cm³/mol. The van der Waals surface area contributed by atoms with Crippen LogP contribution in [-0.2, 0) is 26.0 Å². The maximum atomic E-state index is 12.4. The molecule has 0 aromatic heterocycles. The zero-order chi connectivity index (χ0) is 24.5. The van der Waals surface area contributed by atoms with Gasteiger partial charge in [0.1, 0.15) is 0 Å². The number of para-hydroxylation sites is 1. The number of carbonyl (C=O) groups excluding carboxylic acids is 1. The van der Waals surface area contributed by atoms with E-state index < -0.39 is 21.2 Å². The molecular formula is C23H39NO6S3. The number of hydrogen-bond acceptors (Lipinski definition) is 5. The van der Waals surface area contributed by atoms with E-state index in [1.165, 1.54) is 0 Å². The van der Waals surface area contributed by atoms with Gasteiger partial charge in [0.15, 0.2) is 11.1 Å². The molecule has 0 saturated heterocycles. The molecule has 33 heavy (non-hydrogen) atoms. The summed E-state index contributed by atoms with van der Waals surface area (Å²) in [5.41, 5.74) is 1.87. The van der Waals surface area contributed by atoms with Gasteiger partial charge in [-0.3, -0.25) is 9.35 Å². The molecule has 10 heteroatoms. The molecule has 0 fully saturated rings. The molecule has 190 valence electrons. The van der Waals surface area contributed by atoms with Crippen LogP contribution in [-0.4, -0.2) is 44.9 Å². The lowest BCUT2D eigenvalue weighted by atomic mass is 10.1. The Kier molecular flexibility index (Phi) is 15.9. The lowest BCUT2D eigenvalue weighted by Gasteiger charge is -2.14. The third-order valence-corrected chi connectivity index (χ3v) is 7.86. The van der Waals surface area contributed by atoms with Gasteiger partial charge in [-0.1, -0.05) is 57.1 Å². The summed E-state index contributed by atoms with van der Waals surface area (Å²) >= 11 is -0.0230. The van der Waals surface area contributed by atoms with E-state index >= 15 is 0 Å². The molecule has 0 aliphatic rings. The Morgan fingerprint density at radius 3 is 2.21 bits per heavy atom. The Labute approximate surface area is 205 Å². The fourth-order valence-electron chi connectivity index (χ4n) is 3.44. The molecule has 0 spiro atoms. The lowest BCUT2D eigenvalue weighted by Crippen LogP contribution is -2.13. The van der Waals surface area contributed by atoms with Crippen LogP contribution in [0.3, 0.4) is 0 Å². The summed E-state index contributed by atoms with van der Waals surface area (Å²) in [6.07, 6.45) is 10.6. The van der Waals surface area contributed by atoms with Crippen molar-refractivity contribution in [3.05, 3.63) is 23.8 Å². The molecule has 1 aromatic carbocycles. The summed E-state index contributed by atoms with van der Waals surface area (Å²) in [4.78, 5) is 13.5. The van der Waals surface area contributed by atoms with E-state index in [0.29, 0.717) is 18.6 Å². The molecule has 0 radical (unpaired) electrons. The number of nitrogens with one attached hydrogen (secondary N) is 1. The first-order valence-corrected chi connectivity index (χ1v) is 15.6. The average Bonchev–Trinajstić information content (AvgIpc) is 2.73. The van der Waals surface area contributed by atoms with E-state index in [0.717, 1.165) is 86.1 Å². The standard InChI is InChI=1S/C23H39NO6S3/c1-20-14-13-15-21(31-17-10-8-12-19-33(28,29)30)23(20)24-22(25)16-9-6-4-2-3-5-7-11-18-32(26)27/h13-15H,2-12,16-19H2,1H3,(H,24,25)(H,26,27)(H,28,29,30). The monoisotopic (exact) mass is 521 g/mol. The molecule has 3 N–H and O–H groups in total. The van der Waals surface area contributed by atoms with Crippen LogP contribution in [0.5, 0.6) is 0 Å². The van der Waals surface area contributed by atoms with Crippen molar-refractivity contribution in [3.8, 4) is 0 Å². The number of thioether (sulfide) groups is 1. The van der Waals surface area contributed by atoms with Crippen molar-refractivity contribution in [2.75, 3.05) is 22.6 Å². The number of unbranched alkanes of at least 4 members (excludes halogenated alkanes) is 9. The number of benzene rings is 1. The largest absolute Gasteiger partial charge is 0.325 e. The second-order valence-corrected chi connectivity index (χ2v) is 12.1. The Morgan fingerprint density at radius 2 is 1.58 bits per heavy atom. The smallest absolute Gasteiger partial charge is 0.264 e. The van der Waals surface area contributed by atoms with Gasteiger partial charge in [0.25, 0.3) is 10.1 Å². The van der Waals surface area contributed by atoms with Crippen molar-refractivity contribution >= 4 is 44.6 Å². The van der Waals surface area contributed by atoms with E-state index in [1.807, 2.05) is 25.1 Å². The molecule has 1 rings (SSSR count). The highest BCUT2D eigenvalue weighted by Gasteiger charge is 2.10. The lowest BCUT2D eigenvalue weighted by molar-refractivity contribution is -0.116. The molecular weight excluding hydrogens is 482 g/mol. The Balaban J connectivity index is 2.24. The van der Waals surface area contributed by atoms with Gasteiger partial charge in [0.05, 0.1) is 11.4 Å². The highest BCUT2D eigenvalue weighted by Crippen LogP contribution is 2.31. The predicted octanol–water partition coefficient (Wildman–Crippen LogP) is 5.82. The molecule has 0 aliphatic heterocycles. The van der Waals surface area contributed by atoms with E-state index in [9.17, 15) is 17.4 Å². The Morgan fingerprint density at radius 1 is 0.970 bits per heavy atom. The zero-order valence-electron chi connectivity index (χ0n) is 19.6. The minimum atomic E-state index is -3.88. The van der Waals surface area contributed by atoms with Gasteiger partial charge in [0, 0.05) is 17.1 Å². The van der Waals surface area contributed by atoms with Crippen molar-refractivity contribution in [2.45, 2.75) is 88.9 Å². The average molecular weight is 522 g/mol. The fraction of sp³-hybridized carbons (Fsp3) is 0.696. The van der Waals surface area contributed by atoms with Crippen molar-refractivity contribution in [1.29, 1.82) is 0 Å². The molecule has 1 unspecified atom stereocenters. The molecule has 1 aromatic rings. The summed E-state index contributed by atoms with van der Waals surface area (Å²) in [5.74, 6) is 1.01. The van der Waals surface area contributed by atoms with Gasteiger partial charge in [-0.05, 0) is 50.0 Å². The number of anilines is 1. The number of hydrogen-bond donors (Lipinski definition) is 3. The Hall–Kier alpha value is -0.940. The van der Waals surface area contributed by atoms with E-state index in [1.54, 1.807) is 11.8 Å². The number of amides is 1. The zero-order valence-corrected chi connectivity index (χ0v) is 22.0. The minimum absolute atomic E-state index is 0.0244. The first-order chi connectivity index (χ1) is 15.7. The first kappa shape index (κ1) is 30.1. The SMILES string of the molecule is Cc1cccc(SCCCCCS(=O)(=O)O)c1NC(=O)CCCCCCCCCCS(=O)O. The minimum Gasteiger partial charge on any atom is -0.325 e. The topological polar surface area (TPSA) is 121 Å². The van der Waals surface area contributed by atoms with Gasteiger partial charge < -0.3 is 9.87 Å². The summed E-state index contributed by atoms with van der Waals surface area (Å²) < 4.78 is 49.6. The van der Waals surface area contributed by atoms with Crippen LogP contribution in [0.4, 0.5) is 5.69 Å². The summed E-state index contributed by atoms with van der Waals surface area (Å²) in [6.45, 7) is 1.98. The molecule has 0 aliphatic carbocycles.